The van der Waals surface area contributed by atoms with E-state index in [9.17, 15) is 8.42 Å². The van der Waals surface area contributed by atoms with Crippen LogP contribution in [0.15, 0.2) is 71.6 Å². The molecule has 0 saturated heterocycles. The zero-order chi connectivity index (χ0) is 18.9. The van der Waals surface area contributed by atoms with Crippen LogP contribution < -0.4 is 9.46 Å². The molecule has 0 aliphatic rings. The lowest BCUT2D eigenvalue weighted by molar-refractivity contribution is 0.485. The summed E-state index contributed by atoms with van der Waals surface area (Å²) < 4.78 is 42.4. The van der Waals surface area contributed by atoms with Crippen LogP contribution in [0, 0.1) is 0 Å². The van der Waals surface area contributed by atoms with E-state index in [0.29, 0.717) is 27.6 Å². The van der Waals surface area contributed by atoms with Crippen molar-refractivity contribution in [3.8, 4) is 11.5 Å². The topological polar surface area (TPSA) is 81.2 Å². The lowest BCUT2D eigenvalue weighted by atomic mass is 10.3. The monoisotopic (exact) mass is 417 g/mol. The molecule has 0 unspecified atom stereocenters. The highest BCUT2D eigenvalue weighted by atomic mass is 35.5. The van der Waals surface area contributed by atoms with Crippen LogP contribution in [0.3, 0.4) is 0 Å². The number of rotatable bonds is 5. The van der Waals surface area contributed by atoms with Crippen molar-refractivity contribution in [1.82, 2.24) is 8.75 Å². The normalized spacial score (nSPS) is 11.4. The zero-order valence-corrected chi connectivity index (χ0v) is 16.1. The molecule has 0 saturated carbocycles. The summed E-state index contributed by atoms with van der Waals surface area (Å²) in [7, 11) is -3.93. The average Bonchev–Trinajstić information content (AvgIpc) is 3.13. The maximum absolute atomic E-state index is 13.0. The van der Waals surface area contributed by atoms with Crippen molar-refractivity contribution in [1.29, 1.82) is 0 Å². The van der Waals surface area contributed by atoms with E-state index in [-0.39, 0.29) is 10.6 Å². The third kappa shape index (κ3) is 3.73. The first kappa shape index (κ1) is 17.7. The van der Waals surface area contributed by atoms with Crippen molar-refractivity contribution in [3.05, 3.63) is 71.8 Å². The first-order valence-electron chi connectivity index (χ1n) is 7.79. The number of anilines is 1. The van der Waals surface area contributed by atoms with E-state index in [2.05, 4.69) is 13.5 Å². The second-order valence-electron chi connectivity index (χ2n) is 5.55. The first-order chi connectivity index (χ1) is 13.0. The SMILES string of the molecule is O=S(=O)(Nc1cc(Cl)ccc1Oc1ccccc1)c1cccc2nsnc12. The molecule has 4 rings (SSSR count). The third-order valence-electron chi connectivity index (χ3n) is 3.70. The van der Waals surface area contributed by atoms with E-state index in [1.807, 2.05) is 18.2 Å². The second-order valence-corrected chi connectivity index (χ2v) is 8.16. The fraction of sp³-hybridized carbons (Fsp3) is 0. The number of halogens is 1. The van der Waals surface area contributed by atoms with Gasteiger partial charge in [0.25, 0.3) is 10.0 Å². The molecule has 0 amide bonds. The van der Waals surface area contributed by atoms with Crippen LogP contribution in [0.5, 0.6) is 11.5 Å². The number of hydrogen-bond donors (Lipinski definition) is 1. The molecule has 0 spiro atoms. The Hall–Kier alpha value is -2.68. The molecule has 1 heterocycles. The largest absolute Gasteiger partial charge is 0.455 e. The number of para-hydroxylation sites is 1. The molecule has 136 valence electrons. The van der Waals surface area contributed by atoms with Gasteiger partial charge in [-0.3, -0.25) is 4.72 Å². The molecular formula is C18H12ClN3O3S2. The first-order valence-corrected chi connectivity index (χ1v) is 10.4. The second kappa shape index (κ2) is 7.15. The molecule has 0 atom stereocenters. The Bertz CT molecular complexity index is 1210. The minimum absolute atomic E-state index is 0.0411. The fourth-order valence-electron chi connectivity index (χ4n) is 2.48. The smallest absolute Gasteiger partial charge is 0.264 e. The summed E-state index contributed by atoms with van der Waals surface area (Å²) in [6.07, 6.45) is 0. The highest BCUT2D eigenvalue weighted by molar-refractivity contribution is 7.93. The minimum atomic E-state index is -3.93. The van der Waals surface area contributed by atoms with Gasteiger partial charge in [-0.1, -0.05) is 35.9 Å². The number of nitrogens with zero attached hydrogens (tertiary/aromatic N) is 2. The third-order valence-corrected chi connectivity index (χ3v) is 5.87. The van der Waals surface area contributed by atoms with Crippen LogP contribution in [0.4, 0.5) is 5.69 Å². The minimum Gasteiger partial charge on any atom is -0.455 e. The lowest BCUT2D eigenvalue weighted by Gasteiger charge is -2.14. The Labute approximate surface area is 164 Å². The number of fused-ring (bicyclic) bond motifs is 1. The van der Waals surface area contributed by atoms with Crippen molar-refractivity contribution in [2.75, 3.05) is 4.72 Å². The molecule has 0 bridgehead atoms. The molecular weight excluding hydrogens is 406 g/mol. The van der Waals surface area contributed by atoms with Crippen LogP contribution in [-0.4, -0.2) is 17.2 Å². The predicted molar refractivity (Wildman–Crippen MR) is 106 cm³/mol. The molecule has 6 nitrogen and oxygen atoms in total. The number of aromatic nitrogens is 2. The number of hydrogen-bond acceptors (Lipinski definition) is 6. The van der Waals surface area contributed by atoms with Gasteiger partial charge in [-0.05, 0) is 42.5 Å². The summed E-state index contributed by atoms with van der Waals surface area (Å²) in [5, 5.41) is 0.377. The number of ether oxygens (including phenoxy) is 1. The Morgan fingerprint density at radius 1 is 0.963 bits per heavy atom. The zero-order valence-electron chi connectivity index (χ0n) is 13.7. The molecule has 27 heavy (non-hydrogen) atoms. The highest BCUT2D eigenvalue weighted by Gasteiger charge is 2.21. The van der Waals surface area contributed by atoms with E-state index < -0.39 is 10.0 Å². The van der Waals surface area contributed by atoms with E-state index in [0.717, 1.165) is 11.7 Å². The van der Waals surface area contributed by atoms with E-state index in [4.69, 9.17) is 16.3 Å². The molecule has 1 aromatic heterocycles. The molecule has 4 aromatic rings. The van der Waals surface area contributed by atoms with Crippen LogP contribution >= 0.6 is 23.3 Å². The molecule has 1 N–H and O–H groups in total. The molecule has 9 heteroatoms. The van der Waals surface area contributed by atoms with Gasteiger partial charge in [-0.15, -0.1) is 0 Å². The number of nitrogens with one attached hydrogen (secondary N) is 1. The standard InChI is InChI=1S/C18H12ClN3O3S2/c19-12-9-10-16(25-13-5-2-1-3-6-13)15(11-12)22-27(23,24)17-8-4-7-14-18(17)21-26-20-14/h1-11,22H. The maximum atomic E-state index is 13.0. The Balaban J connectivity index is 1.73. The molecule has 0 aliphatic carbocycles. The summed E-state index contributed by atoms with van der Waals surface area (Å²) in [6, 6.07) is 18.6. The van der Waals surface area contributed by atoms with E-state index in [1.165, 1.54) is 12.1 Å². The van der Waals surface area contributed by atoms with Gasteiger partial charge in [-0.25, -0.2) is 8.42 Å². The Morgan fingerprint density at radius 2 is 1.78 bits per heavy atom. The Morgan fingerprint density at radius 3 is 2.59 bits per heavy atom. The van der Waals surface area contributed by atoms with Gasteiger partial charge in [-0.2, -0.15) is 8.75 Å². The quantitative estimate of drug-likeness (QED) is 0.497. The predicted octanol–water partition coefficient (Wildman–Crippen LogP) is 4.94. The van der Waals surface area contributed by atoms with Crippen molar-refractivity contribution in [3.63, 3.8) is 0 Å². The summed E-state index contributed by atoms with van der Waals surface area (Å²) in [6.45, 7) is 0. The van der Waals surface area contributed by atoms with Crippen molar-refractivity contribution >= 4 is 50.1 Å². The van der Waals surface area contributed by atoms with E-state index in [1.54, 1.807) is 36.4 Å². The van der Waals surface area contributed by atoms with Gasteiger partial charge in [0.1, 0.15) is 21.7 Å². The maximum Gasteiger partial charge on any atom is 0.264 e. The van der Waals surface area contributed by atoms with Gasteiger partial charge in [0.05, 0.1) is 17.4 Å². The summed E-state index contributed by atoms with van der Waals surface area (Å²) in [4.78, 5) is 0.0411. The Kier molecular flexibility index (Phi) is 4.69. The molecule has 0 radical (unpaired) electrons. The highest BCUT2D eigenvalue weighted by Crippen LogP contribution is 2.34. The van der Waals surface area contributed by atoms with Crippen molar-refractivity contribution in [2.24, 2.45) is 0 Å². The van der Waals surface area contributed by atoms with Gasteiger partial charge < -0.3 is 4.74 Å². The van der Waals surface area contributed by atoms with Crippen LogP contribution in [0.1, 0.15) is 0 Å². The van der Waals surface area contributed by atoms with Crippen LogP contribution in [-0.2, 0) is 10.0 Å². The summed E-state index contributed by atoms with van der Waals surface area (Å²) in [5.41, 5.74) is 1.07. The van der Waals surface area contributed by atoms with Gasteiger partial charge in [0.2, 0.25) is 0 Å². The van der Waals surface area contributed by atoms with Crippen molar-refractivity contribution in [2.45, 2.75) is 4.90 Å². The number of benzene rings is 3. The molecule has 0 aliphatic heterocycles. The van der Waals surface area contributed by atoms with Crippen LogP contribution in [0.2, 0.25) is 5.02 Å². The van der Waals surface area contributed by atoms with Crippen molar-refractivity contribution < 1.29 is 13.2 Å². The van der Waals surface area contributed by atoms with E-state index >= 15 is 0 Å². The van der Waals surface area contributed by atoms with Gasteiger partial charge in [0, 0.05) is 5.02 Å². The molecule has 0 fully saturated rings. The average molecular weight is 418 g/mol. The van der Waals surface area contributed by atoms with Gasteiger partial charge in [0.15, 0.2) is 5.75 Å². The molecule has 3 aromatic carbocycles. The summed E-state index contributed by atoms with van der Waals surface area (Å²) >= 11 is 7.02. The van der Waals surface area contributed by atoms with Gasteiger partial charge >= 0.3 is 0 Å². The summed E-state index contributed by atoms with van der Waals surface area (Å²) in [5.74, 6) is 0.906. The lowest BCUT2D eigenvalue weighted by Crippen LogP contribution is -2.14. The number of sulfonamides is 1. The fourth-order valence-corrected chi connectivity index (χ4v) is 4.49. The van der Waals surface area contributed by atoms with Crippen LogP contribution in [0.25, 0.3) is 11.0 Å².